The molecule has 1 fully saturated rings. The maximum absolute atomic E-state index is 4.20. The van der Waals surface area contributed by atoms with Gasteiger partial charge < -0.3 is 5.32 Å². The zero-order valence-corrected chi connectivity index (χ0v) is 10.9. The van der Waals surface area contributed by atoms with Gasteiger partial charge >= 0.3 is 0 Å². The highest BCUT2D eigenvalue weighted by Crippen LogP contribution is 2.27. The molecule has 0 aromatic carbocycles. The third-order valence-electron chi connectivity index (χ3n) is 3.87. The van der Waals surface area contributed by atoms with E-state index in [1.54, 1.807) is 0 Å². The highest BCUT2D eigenvalue weighted by molar-refractivity contribution is 4.77. The third-order valence-corrected chi connectivity index (χ3v) is 3.87. The third kappa shape index (κ3) is 4.50. The molecule has 1 N–H and O–H groups in total. The molecule has 1 aromatic rings. The van der Waals surface area contributed by atoms with Crippen molar-refractivity contribution in [2.24, 2.45) is 11.8 Å². The Morgan fingerprint density at radius 2 is 2.12 bits per heavy atom. The minimum absolute atomic E-state index is 0.927. The summed E-state index contributed by atoms with van der Waals surface area (Å²) in [6, 6.07) is 1.98. The van der Waals surface area contributed by atoms with E-state index in [9.17, 15) is 0 Å². The van der Waals surface area contributed by atoms with Crippen molar-refractivity contribution < 1.29 is 0 Å². The van der Waals surface area contributed by atoms with Crippen molar-refractivity contribution >= 4 is 0 Å². The van der Waals surface area contributed by atoms with E-state index in [2.05, 4.69) is 17.3 Å². The SMILES string of the molecule is CC1CCC(CNCCCn2cccn2)CC1. The molecule has 1 aliphatic carbocycles. The highest BCUT2D eigenvalue weighted by Gasteiger charge is 2.17. The summed E-state index contributed by atoms with van der Waals surface area (Å²) in [6.07, 6.45) is 10.8. The number of hydrogen-bond acceptors (Lipinski definition) is 2. The number of aromatic nitrogens is 2. The van der Waals surface area contributed by atoms with Crippen LogP contribution in [0.4, 0.5) is 0 Å². The van der Waals surface area contributed by atoms with E-state index in [0.29, 0.717) is 0 Å². The van der Waals surface area contributed by atoms with E-state index in [1.165, 1.54) is 38.6 Å². The van der Waals surface area contributed by atoms with Crippen LogP contribution in [0.5, 0.6) is 0 Å². The summed E-state index contributed by atoms with van der Waals surface area (Å²) in [7, 11) is 0. The van der Waals surface area contributed by atoms with E-state index in [1.807, 2.05) is 23.1 Å². The Hall–Kier alpha value is -0.830. The van der Waals surface area contributed by atoms with Crippen molar-refractivity contribution in [3.05, 3.63) is 18.5 Å². The van der Waals surface area contributed by atoms with Crippen LogP contribution in [-0.2, 0) is 6.54 Å². The summed E-state index contributed by atoms with van der Waals surface area (Å²) in [5, 5.41) is 7.79. The van der Waals surface area contributed by atoms with Gasteiger partial charge in [0.25, 0.3) is 0 Å². The van der Waals surface area contributed by atoms with E-state index < -0.39 is 0 Å². The second kappa shape index (κ2) is 6.80. The van der Waals surface area contributed by atoms with Gasteiger partial charge in [-0.3, -0.25) is 4.68 Å². The highest BCUT2D eigenvalue weighted by atomic mass is 15.3. The summed E-state index contributed by atoms with van der Waals surface area (Å²) in [4.78, 5) is 0. The average Bonchev–Trinajstić information content (AvgIpc) is 2.84. The first kappa shape index (κ1) is 12.6. The Morgan fingerprint density at radius 1 is 1.29 bits per heavy atom. The monoisotopic (exact) mass is 235 g/mol. The summed E-state index contributed by atoms with van der Waals surface area (Å²) < 4.78 is 2.00. The number of hydrogen-bond donors (Lipinski definition) is 1. The van der Waals surface area contributed by atoms with Crippen molar-refractivity contribution in [3.63, 3.8) is 0 Å². The molecule has 0 atom stereocenters. The first-order chi connectivity index (χ1) is 8.34. The molecule has 2 rings (SSSR count). The van der Waals surface area contributed by atoms with Gasteiger partial charge in [-0.2, -0.15) is 5.10 Å². The number of aryl methyl sites for hydroxylation is 1. The minimum atomic E-state index is 0.927. The second-order valence-corrected chi connectivity index (χ2v) is 5.45. The van der Waals surface area contributed by atoms with Crippen molar-refractivity contribution in [1.82, 2.24) is 15.1 Å². The first-order valence-corrected chi connectivity index (χ1v) is 7.02. The van der Waals surface area contributed by atoms with Crippen LogP contribution >= 0.6 is 0 Å². The predicted octanol–water partition coefficient (Wildman–Crippen LogP) is 2.69. The van der Waals surface area contributed by atoms with E-state index >= 15 is 0 Å². The maximum atomic E-state index is 4.20. The molecule has 1 aromatic heterocycles. The Balaban J connectivity index is 1.49. The molecule has 0 radical (unpaired) electrons. The first-order valence-electron chi connectivity index (χ1n) is 7.02. The van der Waals surface area contributed by atoms with Crippen molar-refractivity contribution in [2.45, 2.75) is 45.6 Å². The lowest BCUT2D eigenvalue weighted by molar-refractivity contribution is 0.281. The Bertz CT molecular complexity index is 286. The standard InChI is InChI=1S/C14H25N3/c1-13-4-6-14(7-5-13)12-15-8-2-10-17-11-3-9-16-17/h3,9,11,13-15H,2,4-8,10,12H2,1H3. The molecule has 3 heteroatoms. The van der Waals surface area contributed by atoms with Crippen LogP contribution in [0.3, 0.4) is 0 Å². The van der Waals surface area contributed by atoms with Gasteiger partial charge in [-0.15, -0.1) is 0 Å². The van der Waals surface area contributed by atoms with Gasteiger partial charge in [0, 0.05) is 18.9 Å². The molecule has 1 aliphatic rings. The van der Waals surface area contributed by atoms with Crippen molar-refractivity contribution in [2.75, 3.05) is 13.1 Å². The normalized spacial score (nSPS) is 25.0. The molecular formula is C14H25N3. The topological polar surface area (TPSA) is 29.9 Å². The second-order valence-electron chi connectivity index (χ2n) is 5.45. The Kier molecular flexibility index (Phi) is 5.05. The molecule has 0 unspecified atom stereocenters. The number of nitrogens with one attached hydrogen (secondary N) is 1. The number of nitrogens with zero attached hydrogens (tertiary/aromatic N) is 2. The summed E-state index contributed by atoms with van der Waals surface area (Å²) in [5.74, 6) is 1.89. The van der Waals surface area contributed by atoms with Crippen LogP contribution in [0.15, 0.2) is 18.5 Å². The van der Waals surface area contributed by atoms with E-state index in [4.69, 9.17) is 0 Å². The van der Waals surface area contributed by atoms with Crippen LogP contribution in [0.2, 0.25) is 0 Å². The molecule has 0 spiro atoms. The fourth-order valence-corrected chi connectivity index (χ4v) is 2.64. The van der Waals surface area contributed by atoms with Crippen LogP contribution in [-0.4, -0.2) is 22.9 Å². The average molecular weight is 235 g/mol. The fraction of sp³-hybridized carbons (Fsp3) is 0.786. The molecule has 1 heterocycles. The molecule has 96 valence electrons. The molecule has 0 bridgehead atoms. The minimum Gasteiger partial charge on any atom is -0.316 e. The zero-order chi connectivity index (χ0) is 11.9. The maximum Gasteiger partial charge on any atom is 0.0489 e. The smallest absolute Gasteiger partial charge is 0.0489 e. The molecule has 17 heavy (non-hydrogen) atoms. The molecule has 0 saturated heterocycles. The quantitative estimate of drug-likeness (QED) is 0.768. The number of rotatable bonds is 6. The van der Waals surface area contributed by atoms with Gasteiger partial charge in [0.05, 0.1) is 0 Å². The van der Waals surface area contributed by atoms with Gasteiger partial charge in [-0.1, -0.05) is 19.8 Å². The Morgan fingerprint density at radius 3 is 2.82 bits per heavy atom. The largest absolute Gasteiger partial charge is 0.316 e. The van der Waals surface area contributed by atoms with E-state index in [-0.39, 0.29) is 0 Å². The van der Waals surface area contributed by atoms with Crippen molar-refractivity contribution in [3.8, 4) is 0 Å². The van der Waals surface area contributed by atoms with Gasteiger partial charge in [0.15, 0.2) is 0 Å². The summed E-state index contributed by atoms with van der Waals surface area (Å²) in [5.41, 5.74) is 0. The van der Waals surface area contributed by atoms with Crippen molar-refractivity contribution in [1.29, 1.82) is 0 Å². The van der Waals surface area contributed by atoms with Gasteiger partial charge in [-0.25, -0.2) is 0 Å². The zero-order valence-electron chi connectivity index (χ0n) is 10.9. The van der Waals surface area contributed by atoms with Crippen LogP contribution < -0.4 is 5.32 Å². The fourth-order valence-electron chi connectivity index (χ4n) is 2.64. The summed E-state index contributed by atoms with van der Waals surface area (Å²) in [6.45, 7) is 5.74. The lowest BCUT2D eigenvalue weighted by atomic mass is 9.83. The lowest BCUT2D eigenvalue weighted by Gasteiger charge is -2.26. The van der Waals surface area contributed by atoms with Gasteiger partial charge in [0.2, 0.25) is 0 Å². The molecular weight excluding hydrogens is 210 g/mol. The summed E-state index contributed by atoms with van der Waals surface area (Å²) >= 11 is 0. The van der Waals surface area contributed by atoms with Gasteiger partial charge in [-0.05, 0) is 50.3 Å². The molecule has 3 nitrogen and oxygen atoms in total. The van der Waals surface area contributed by atoms with Gasteiger partial charge in [0.1, 0.15) is 0 Å². The van der Waals surface area contributed by atoms with Crippen LogP contribution in [0, 0.1) is 11.8 Å². The predicted molar refractivity (Wildman–Crippen MR) is 70.8 cm³/mol. The lowest BCUT2D eigenvalue weighted by Crippen LogP contribution is -2.27. The molecule has 1 saturated carbocycles. The van der Waals surface area contributed by atoms with Crippen LogP contribution in [0.25, 0.3) is 0 Å². The Labute approximate surface area is 105 Å². The van der Waals surface area contributed by atoms with Crippen LogP contribution in [0.1, 0.15) is 39.0 Å². The molecule has 0 amide bonds. The molecule has 0 aliphatic heterocycles. The van der Waals surface area contributed by atoms with E-state index in [0.717, 1.165) is 24.9 Å².